The molecule has 0 saturated carbocycles. The van der Waals surface area contributed by atoms with Gasteiger partial charge in [0.05, 0.1) is 23.9 Å². The molecule has 1 heterocycles. The molecule has 104 valence electrons. The van der Waals surface area contributed by atoms with Crippen LogP contribution in [-0.2, 0) is 4.74 Å². The summed E-state index contributed by atoms with van der Waals surface area (Å²) in [5.74, 6) is -0.931. The van der Waals surface area contributed by atoms with Gasteiger partial charge in [-0.3, -0.25) is 4.79 Å². The minimum Gasteiger partial charge on any atom is -0.465 e. The number of ether oxygens (including phenoxy) is 1. The lowest BCUT2D eigenvalue weighted by molar-refractivity contribution is 0.0602. The maximum absolute atomic E-state index is 12.0. The summed E-state index contributed by atoms with van der Waals surface area (Å²) >= 11 is 7.92. The number of carbonyl (C=O) groups excluding carboxylic acids is 2. The number of amides is 1. The molecule has 0 aliphatic carbocycles. The first-order valence-corrected chi connectivity index (χ1v) is 7.82. The third-order valence-electron chi connectivity index (χ3n) is 2.36. The summed E-state index contributed by atoms with van der Waals surface area (Å²) in [4.78, 5) is 27.7. The average molecular weight is 420 g/mol. The van der Waals surface area contributed by atoms with Gasteiger partial charge in [0, 0.05) is 14.3 Å². The van der Waals surface area contributed by atoms with Gasteiger partial charge in [-0.05, 0) is 28.1 Å². The Hall–Kier alpha value is -1.25. The van der Waals surface area contributed by atoms with Gasteiger partial charge in [-0.25, -0.2) is 9.78 Å². The largest absolute Gasteiger partial charge is 0.465 e. The number of aromatic nitrogens is 1. The number of esters is 1. The van der Waals surface area contributed by atoms with Crippen molar-refractivity contribution in [1.82, 2.24) is 4.98 Å². The number of nitrogens with zero attached hydrogens (tertiary/aromatic N) is 1. The van der Waals surface area contributed by atoms with Gasteiger partial charge in [-0.1, -0.05) is 15.9 Å². The molecule has 0 atom stereocenters. The molecular weight excluding hydrogens is 412 g/mol. The van der Waals surface area contributed by atoms with Crippen molar-refractivity contribution >= 4 is 60.8 Å². The highest BCUT2D eigenvalue weighted by Gasteiger charge is 2.19. The summed E-state index contributed by atoms with van der Waals surface area (Å²) in [7, 11) is 1.28. The standard InChI is InChI=1S/C12H8Br2N2O3S/c1-19-12(18)7-2-6(13)3-8(14)10(7)16-11(17)9-4-20-5-15-9/h2-5H,1H3,(H,16,17). The molecule has 0 aliphatic rings. The van der Waals surface area contributed by atoms with Crippen molar-refractivity contribution in [3.05, 3.63) is 43.2 Å². The first-order chi connectivity index (χ1) is 9.52. The summed E-state index contributed by atoms with van der Waals surface area (Å²) in [6, 6.07) is 3.30. The molecule has 1 N–H and O–H groups in total. The molecule has 1 aromatic carbocycles. The fraction of sp³-hybridized carbons (Fsp3) is 0.0833. The average Bonchev–Trinajstić information content (AvgIpc) is 2.94. The Morgan fingerprint density at radius 3 is 2.70 bits per heavy atom. The van der Waals surface area contributed by atoms with Crippen molar-refractivity contribution in [2.24, 2.45) is 0 Å². The van der Waals surface area contributed by atoms with Crippen LogP contribution in [0.4, 0.5) is 5.69 Å². The molecule has 1 amide bonds. The zero-order valence-electron chi connectivity index (χ0n) is 10.1. The van der Waals surface area contributed by atoms with E-state index in [0.29, 0.717) is 20.3 Å². The minimum absolute atomic E-state index is 0.248. The molecule has 2 aromatic rings. The number of rotatable bonds is 3. The molecule has 0 spiro atoms. The molecule has 20 heavy (non-hydrogen) atoms. The van der Waals surface area contributed by atoms with E-state index in [-0.39, 0.29) is 11.5 Å². The fourth-order valence-corrected chi connectivity index (χ4v) is 3.33. The number of benzene rings is 1. The number of hydrogen-bond acceptors (Lipinski definition) is 5. The number of thiazole rings is 1. The molecule has 5 nitrogen and oxygen atoms in total. The van der Waals surface area contributed by atoms with Crippen LogP contribution in [0.15, 0.2) is 32.0 Å². The second kappa shape index (κ2) is 6.47. The van der Waals surface area contributed by atoms with Gasteiger partial charge in [0.25, 0.3) is 5.91 Å². The number of anilines is 1. The molecule has 0 saturated heterocycles. The molecule has 1 aromatic heterocycles. The second-order valence-electron chi connectivity index (χ2n) is 3.63. The van der Waals surface area contributed by atoms with Crippen LogP contribution in [0.2, 0.25) is 0 Å². The molecule has 0 radical (unpaired) electrons. The number of carbonyl (C=O) groups is 2. The normalized spacial score (nSPS) is 10.2. The summed E-state index contributed by atoms with van der Waals surface area (Å²) in [5.41, 5.74) is 2.45. The Balaban J connectivity index is 2.40. The summed E-state index contributed by atoms with van der Waals surface area (Å²) in [6.07, 6.45) is 0. The third-order valence-corrected chi connectivity index (χ3v) is 4.03. The van der Waals surface area contributed by atoms with Gasteiger partial charge in [0.1, 0.15) is 5.69 Å². The molecular formula is C12H8Br2N2O3S. The zero-order valence-corrected chi connectivity index (χ0v) is 14.1. The van der Waals surface area contributed by atoms with Crippen molar-refractivity contribution in [2.45, 2.75) is 0 Å². The van der Waals surface area contributed by atoms with Crippen LogP contribution in [0.25, 0.3) is 0 Å². The number of halogens is 2. The molecule has 0 unspecified atom stereocenters. The quantitative estimate of drug-likeness (QED) is 0.770. The van der Waals surface area contributed by atoms with Crippen LogP contribution in [0.1, 0.15) is 20.8 Å². The number of methoxy groups -OCH3 is 1. The first-order valence-electron chi connectivity index (χ1n) is 5.30. The monoisotopic (exact) mass is 418 g/mol. The van der Waals surface area contributed by atoms with E-state index in [0.717, 1.165) is 0 Å². The molecule has 8 heteroatoms. The first kappa shape index (κ1) is 15.1. The summed E-state index contributed by atoms with van der Waals surface area (Å²) < 4.78 is 5.97. The van der Waals surface area contributed by atoms with Crippen LogP contribution in [-0.4, -0.2) is 24.0 Å². The lowest BCUT2D eigenvalue weighted by Crippen LogP contribution is -2.16. The fourth-order valence-electron chi connectivity index (χ4n) is 1.47. The van der Waals surface area contributed by atoms with Crippen LogP contribution in [0, 0.1) is 0 Å². The summed E-state index contributed by atoms with van der Waals surface area (Å²) in [6.45, 7) is 0. The highest BCUT2D eigenvalue weighted by molar-refractivity contribution is 9.11. The van der Waals surface area contributed by atoms with E-state index < -0.39 is 5.97 Å². The second-order valence-corrected chi connectivity index (χ2v) is 6.12. The van der Waals surface area contributed by atoms with Crippen molar-refractivity contribution in [2.75, 3.05) is 12.4 Å². The van der Waals surface area contributed by atoms with Gasteiger partial charge in [0.15, 0.2) is 0 Å². The van der Waals surface area contributed by atoms with E-state index in [9.17, 15) is 9.59 Å². The van der Waals surface area contributed by atoms with Crippen LogP contribution < -0.4 is 5.32 Å². The summed E-state index contributed by atoms with van der Waals surface area (Å²) in [5, 5.41) is 4.29. The van der Waals surface area contributed by atoms with Gasteiger partial charge in [0.2, 0.25) is 0 Å². The van der Waals surface area contributed by atoms with E-state index in [4.69, 9.17) is 4.74 Å². The van der Waals surface area contributed by atoms with Crippen LogP contribution in [0.5, 0.6) is 0 Å². The topological polar surface area (TPSA) is 68.3 Å². The Labute approximate surface area is 135 Å². The third kappa shape index (κ3) is 3.25. The van der Waals surface area contributed by atoms with Gasteiger partial charge >= 0.3 is 5.97 Å². The van der Waals surface area contributed by atoms with Crippen molar-refractivity contribution in [1.29, 1.82) is 0 Å². The van der Waals surface area contributed by atoms with Crippen molar-refractivity contribution in [3.63, 3.8) is 0 Å². The van der Waals surface area contributed by atoms with Crippen LogP contribution >= 0.6 is 43.2 Å². The molecule has 0 aliphatic heterocycles. The zero-order chi connectivity index (χ0) is 14.7. The van der Waals surface area contributed by atoms with E-state index in [1.54, 1.807) is 23.0 Å². The maximum atomic E-state index is 12.0. The van der Waals surface area contributed by atoms with Crippen molar-refractivity contribution < 1.29 is 14.3 Å². The Morgan fingerprint density at radius 2 is 2.10 bits per heavy atom. The number of nitrogens with one attached hydrogen (secondary N) is 1. The lowest BCUT2D eigenvalue weighted by atomic mass is 10.1. The molecule has 0 bridgehead atoms. The van der Waals surface area contributed by atoms with Gasteiger partial charge in [-0.2, -0.15) is 0 Å². The van der Waals surface area contributed by atoms with Crippen molar-refractivity contribution in [3.8, 4) is 0 Å². The van der Waals surface area contributed by atoms with E-state index in [2.05, 4.69) is 42.2 Å². The van der Waals surface area contributed by atoms with Gasteiger partial charge < -0.3 is 10.1 Å². The predicted molar refractivity (Wildman–Crippen MR) is 83.2 cm³/mol. The molecule has 0 fully saturated rings. The Kier molecular flexibility index (Phi) is 4.90. The highest BCUT2D eigenvalue weighted by Crippen LogP contribution is 2.31. The van der Waals surface area contributed by atoms with Gasteiger partial charge in [-0.15, -0.1) is 11.3 Å². The highest BCUT2D eigenvalue weighted by atomic mass is 79.9. The molecule has 2 rings (SSSR count). The minimum atomic E-state index is -0.541. The Morgan fingerprint density at radius 1 is 1.35 bits per heavy atom. The number of hydrogen-bond donors (Lipinski definition) is 1. The predicted octanol–water partition coefficient (Wildman–Crippen LogP) is 3.71. The lowest BCUT2D eigenvalue weighted by Gasteiger charge is -2.11. The SMILES string of the molecule is COC(=O)c1cc(Br)cc(Br)c1NC(=O)c1cscn1. The van der Waals surface area contributed by atoms with Crippen LogP contribution in [0.3, 0.4) is 0 Å². The Bertz CT molecular complexity index is 659. The van der Waals surface area contributed by atoms with E-state index in [1.807, 2.05) is 0 Å². The van der Waals surface area contributed by atoms with E-state index >= 15 is 0 Å². The maximum Gasteiger partial charge on any atom is 0.340 e. The van der Waals surface area contributed by atoms with E-state index in [1.165, 1.54) is 18.4 Å². The smallest absolute Gasteiger partial charge is 0.340 e.